The Labute approximate surface area is 104 Å². The van der Waals surface area contributed by atoms with Crippen LogP contribution in [0.5, 0.6) is 0 Å². The average Bonchev–Trinajstić information content (AvgIpc) is 2.36. The van der Waals surface area contributed by atoms with E-state index < -0.39 is 15.1 Å². The van der Waals surface area contributed by atoms with Gasteiger partial charge < -0.3 is 5.32 Å². The number of nitrogens with one attached hydrogen (secondary N) is 1. The van der Waals surface area contributed by atoms with Crippen LogP contribution in [0.25, 0.3) is 0 Å². The summed E-state index contributed by atoms with van der Waals surface area (Å²) in [5, 5.41) is 2.85. The Kier molecular flexibility index (Phi) is 5.15. The van der Waals surface area contributed by atoms with Crippen molar-refractivity contribution in [3.8, 4) is 0 Å². The minimum Gasteiger partial charge on any atom is -0.309 e. The van der Waals surface area contributed by atoms with E-state index in [4.69, 9.17) is 0 Å². The first kappa shape index (κ1) is 14.2. The van der Waals surface area contributed by atoms with E-state index in [1.54, 1.807) is 13.8 Å². The van der Waals surface area contributed by atoms with Gasteiger partial charge >= 0.3 is 0 Å². The normalized spacial score (nSPS) is 15.5. The van der Waals surface area contributed by atoms with Crippen molar-refractivity contribution in [2.75, 3.05) is 12.3 Å². The Morgan fingerprint density at radius 1 is 1.18 bits per heavy atom. The lowest BCUT2D eigenvalue weighted by atomic mass is 10.0. The smallest absolute Gasteiger partial charge is 0.154 e. The first-order chi connectivity index (χ1) is 8.03. The van der Waals surface area contributed by atoms with Crippen LogP contribution in [0.15, 0.2) is 30.3 Å². The molecule has 17 heavy (non-hydrogen) atoms. The molecule has 0 spiro atoms. The molecular formula is C13H21NO2S. The van der Waals surface area contributed by atoms with Crippen LogP contribution in [0.2, 0.25) is 0 Å². The van der Waals surface area contributed by atoms with E-state index in [0.29, 0.717) is 0 Å². The molecule has 1 aromatic rings. The van der Waals surface area contributed by atoms with Gasteiger partial charge in [-0.25, -0.2) is 8.42 Å². The highest BCUT2D eigenvalue weighted by molar-refractivity contribution is 7.92. The lowest BCUT2D eigenvalue weighted by Crippen LogP contribution is -2.36. The quantitative estimate of drug-likeness (QED) is 0.847. The molecule has 0 aliphatic heterocycles. The van der Waals surface area contributed by atoms with Crippen LogP contribution in [0.4, 0.5) is 0 Å². The average molecular weight is 255 g/mol. The van der Waals surface area contributed by atoms with Crippen LogP contribution >= 0.6 is 0 Å². The second kappa shape index (κ2) is 6.17. The molecular weight excluding hydrogens is 234 g/mol. The van der Waals surface area contributed by atoms with E-state index in [1.165, 1.54) is 0 Å². The molecule has 0 saturated carbocycles. The van der Waals surface area contributed by atoms with Crippen LogP contribution in [-0.2, 0) is 9.84 Å². The molecule has 0 amide bonds. The molecule has 1 N–H and O–H groups in total. The molecule has 1 aromatic carbocycles. The molecule has 0 bridgehead atoms. The second-order valence-corrected chi connectivity index (χ2v) is 6.75. The summed E-state index contributed by atoms with van der Waals surface area (Å²) < 4.78 is 23.9. The van der Waals surface area contributed by atoms with Crippen molar-refractivity contribution in [2.24, 2.45) is 0 Å². The van der Waals surface area contributed by atoms with Gasteiger partial charge in [0.1, 0.15) is 0 Å². The highest BCUT2D eigenvalue weighted by Crippen LogP contribution is 2.22. The van der Waals surface area contributed by atoms with Crippen molar-refractivity contribution in [1.29, 1.82) is 0 Å². The molecule has 0 aliphatic carbocycles. The molecule has 0 aliphatic rings. The zero-order chi connectivity index (χ0) is 12.9. The maximum atomic E-state index is 11.9. The first-order valence-corrected chi connectivity index (χ1v) is 7.74. The van der Waals surface area contributed by atoms with Crippen LogP contribution in [-0.4, -0.2) is 26.0 Å². The highest BCUT2D eigenvalue weighted by atomic mass is 32.2. The first-order valence-electron chi connectivity index (χ1n) is 6.02. The third-order valence-electron chi connectivity index (χ3n) is 3.02. The van der Waals surface area contributed by atoms with Gasteiger partial charge in [-0.2, -0.15) is 0 Å². The molecule has 0 saturated heterocycles. The van der Waals surface area contributed by atoms with E-state index in [-0.39, 0.29) is 11.8 Å². The van der Waals surface area contributed by atoms with Gasteiger partial charge in [-0.1, -0.05) is 44.2 Å². The zero-order valence-electron chi connectivity index (χ0n) is 10.7. The molecule has 2 atom stereocenters. The fourth-order valence-electron chi connectivity index (χ4n) is 1.91. The summed E-state index contributed by atoms with van der Waals surface area (Å²) in [5.41, 5.74) is 1.03. The summed E-state index contributed by atoms with van der Waals surface area (Å²) >= 11 is 0. The van der Waals surface area contributed by atoms with Crippen LogP contribution in [0, 0.1) is 0 Å². The molecule has 96 valence electrons. The zero-order valence-corrected chi connectivity index (χ0v) is 11.5. The Bertz CT molecular complexity index is 428. The van der Waals surface area contributed by atoms with Gasteiger partial charge in [0.25, 0.3) is 0 Å². The lowest BCUT2D eigenvalue weighted by Gasteiger charge is -2.24. The second-order valence-electron chi connectivity index (χ2n) is 4.10. The van der Waals surface area contributed by atoms with Crippen molar-refractivity contribution in [2.45, 2.75) is 32.1 Å². The van der Waals surface area contributed by atoms with E-state index >= 15 is 0 Å². The number of hydrogen-bond donors (Lipinski definition) is 1. The number of hydrogen-bond acceptors (Lipinski definition) is 3. The van der Waals surface area contributed by atoms with Crippen molar-refractivity contribution >= 4 is 9.84 Å². The van der Waals surface area contributed by atoms with Gasteiger partial charge in [0.2, 0.25) is 0 Å². The van der Waals surface area contributed by atoms with Gasteiger partial charge in [0.15, 0.2) is 9.84 Å². The van der Waals surface area contributed by atoms with Crippen molar-refractivity contribution in [3.05, 3.63) is 35.9 Å². The lowest BCUT2D eigenvalue weighted by molar-refractivity contribution is 0.510. The summed E-state index contributed by atoms with van der Waals surface area (Å²) in [6.45, 7) is 6.21. The summed E-state index contributed by atoms with van der Waals surface area (Å²) in [6.07, 6.45) is 0. The minimum atomic E-state index is -3.03. The monoisotopic (exact) mass is 255 g/mol. The summed E-state index contributed by atoms with van der Waals surface area (Å²) in [6, 6.07) is 9.61. The topological polar surface area (TPSA) is 46.2 Å². The number of rotatable bonds is 6. The molecule has 2 unspecified atom stereocenters. The Balaban J connectivity index is 3.02. The van der Waals surface area contributed by atoms with Crippen molar-refractivity contribution < 1.29 is 8.42 Å². The molecule has 0 fully saturated rings. The summed E-state index contributed by atoms with van der Waals surface area (Å²) in [5.74, 6) is 0.183. The van der Waals surface area contributed by atoms with Gasteiger partial charge in [-0.15, -0.1) is 0 Å². The highest BCUT2D eigenvalue weighted by Gasteiger charge is 2.28. The van der Waals surface area contributed by atoms with Gasteiger partial charge in [0.05, 0.1) is 5.25 Å². The molecule has 0 heterocycles. The van der Waals surface area contributed by atoms with Crippen molar-refractivity contribution in [3.63, 3.8) is 0 Å². The molecule has 3 nitrogen and oxygen atoms in total. The molecule has 0 radical (unpaired) electrons. The standard InChI is InChI=1S/C13H21NO2S/c1-4-14-13(11(3)17(15,16)5-2)12-9-7-6-8-10-12/h6-11,13-14H,4-5H2,1-3H3. The van der Waals surface area contributed by atoms with E-state index in [0.717, 1.165) is 12.1 Å². The molecule has 0 aromatic heterocycles. The van der Waals surface area contributed by atoms with Gasteiger partial charge in [-0.3, -0.25) is 0 Å². The van der Waals surface area contributed by atoms with E-state index in [9.17, 15) is 8.42 Å². The van der Waals surface area contributed by atoms with Crippen molar-refractivity contribution in [1.82, 2.24) is 5.32 Å². The fraction of sp³-hybridized carbons (Fsp3) is 0.538. The van der Waals surface area contributed by atoms with Gasteiger partial charge in [0, 0.05) is 11.8 Å². The minimum absolute atomic E-state index is 0.133. The maximum absolute atomic E-state index is 11.9. The number of sulfone groups is 1. The third-order valence-corrected chi connectivity index (χ3v) is 5.23. The molecule has 4 heteroatoms. The summed E-state index contributed by atoms with van der Waals surface area (Å²) in [4.78, 5) is 0. The summed E-state index contributed by atoms with van der Waals surface area (Å²) in [7, 11) is -3.03. The Morgan fingerprint density at radius 3 is 2.24 bits per heavy atom. The van der Waals surface area contributed by atoms with E-state index in [1.807, 2.05) is 37.3 Å². The van der Waals surface area contributed by atoms with Crippen LogP contribution in [0.1, 0.15) is 32.4 Å². The molecule has 1 rings (SSSR count). The largest absolute Gasteiger partial charge is 0.309 e. The van der Waals surface area contributed by atoms with Crippen LogP contribution < -0.4 is 5.32 Å². The van der Waals surface area contributed by atoms with E-state index in [2.05, 4.69) is 5.32 Å². The fourth-order valence-corrected chi connectivity index (χ4v) is 3.10. The van der Waals surface area contributed by atoms with Gasteiger partial charge in [-0.05, 0) is 19.0 Å². The number of benzene rings is 1. The Morgan fingerprint density at radius 2 is 1.76 bits per heavy atom. The maximum Gasteiger partial charge on any atom is 0.154 e. The predicted molar refractivity (Wildman–Crippen MR) is 71.8 cm³/mol. The third kappa shape index (κ3) is 3.54. The predicted octanol–water partition coefficient (Wildman–Crippen LogP) is 2.16. The SMILES string of the molecule is CCNC(c1ccccc1)C(C)S(=O)(=O)CC. The van der Waals surface area contributed by atoms with Crippen LogP contribution in [0.3, 0.4) is 0 Å². The Hall–Kier alpha value is -0.870.